The molecule has 0 aromatic heterocycles. The monoisotopic (exact) mass is 296 g/mol. The van der Waals surface area contributed by atoms with Crippen LogP contribution in [-0.2, 0) is 6.61 Å². The van der Waals surface area contributed by atoms with Crippen molar-refractivity contribution in [2.24, 2.45) is 0 Å². The number of aryl methyl sites for hydroxylation is 2. The third-order valence-electron chi connectivity index (χ3n) is 2.87. The van der Waals surface area contributed by atoms with E-state index in [1.165, 1.54) is 0 Å². The molecule has 0 aliphatic heterocycles. The lowest BCUT2D eigenvalue weighted by atomic mass is 10.1. The van der Waals surface area contributed by atoms with Crippen LogP contribution in [0.1, 0.15) is 16.7 Å². The van der Waals surface area contributed by atoms with Crippen molar-refractivity contribution >= 4 is 23.2 Å². The molecule has 19 heavy (non-hydrogen) atoms. The van der Waals surface area contributed by atoms with Crippen LogP contribution in [0, 0.1) is 13.8 Å². The number of benzene rings is 2. The van der Waals surface area contributed by atoms with Gasteiger partial charge in [0.05, 0.1) is 6.61 Å². The van der Waals surface area contributed by atoms with Crippen molar-refractivity contribution in [3.05, 3.63) is 57.1 Å². The number of ether oxygens (including phenoxy) is 1. The first-order valence-electron chi connectivity index (χ1n) is 5.85. The zero-order valence-corrected chi connectivity index (χ0v) is 12.2. The van der Waals surface area contributed by atoms with Gasteiger partial charge in [0.1, 0.15) is 11.5 Å². The second-order valence-corrected chi connectivity index (χ2v) is 5.13. The predicted molar refractivity (Wildman–Crippen MR) is 78.4 cm³/mol. The van der Waals surface area contributed by atoms with Crippen molar-refractivity contribution in [2.75, 3.05) is 0 Å². The maximum absolute atomic E-state index is 9.35. The molecule has 0 amide bonds. The summed E-state index contributed by atoms with van der Waals surface area (Å²) in [5, 5.41) is 10.6. The third-order valence-corrected chi connectivity index (χ3v) is 3.82. The van der Waals surface area contributed by atoms with Gasteiger partial charge in [-0.25, -0.2) is 0 Å². The Morgan fingerprint density at radius 2 is 1.74 bits per heavy atom. The van der Waals surface area contributed by atoms with Crippen LogP contribution in [0.5, 0.6) is 11.5 Å². The molecule has 0 unspecified atom stereocenters. The number of aliphatic hydroxyl groups is 1. The molecule has 2 rings (SSSR count). The molecule has 0 aliphatic carbocycles. The van der Waals surface area contributed by atoms with Crippen molar-refractivity contribution in [3.8, 4) is 11.5 Å². The first-order chi connectivity index (χ1) is 9.02. The Balaban J connectivity index is 2.39. The van der Waals surface area contributed by atoms with Gasteiger partial charge >= 0.3 is 0 Å². The molecule has 2 aromatic rings. The molecule has 0 atom stereocenters. The fraction of sp³-hybridized carbons (Fsp3) is 0.200. The minimum atomic E-state index is -0.166. The molecule has 0 saturated heterocycles. The average molecular weight is 297 g/mol. The van der Waals surface area contributed by atoms with Crippen LogP contribution in [0.25, 0.3) is 0 Å². The normalized spacial score (nSPS) is 10.6. The highest BCUT2D eigenvalue weighted by Crippen LogP contribution is 2.33. The molecule has 0 saturated carbocycles. The molecule has 0 bridgehead atoms. The Kier molecular flexibility index (Phi) is 4.35. The summed E-state index contributed by atoms with van der Waals surface area (Å²) >= 11 is 12.1. The van der Waals surface area contributed by atoms with Gasteiger partial charge in [0.2, 0.25) is 0 Å². The van der Waals surface area contributed by atoms with Gasteiger partial charge in [-0.05, 0) is 49.2 Å². The molecule has 0 spiro atoms. The molecule has 2 nitrogen and oxygen atoms in total. The van der Waals surface area contributed by atoms with Crippen LogP contribution in [0.2, 0.25) is 10.0 Å². The van der Waals surface area contributed by atoms with Crippen LogP contribution in [0.4, 0.5) is 0 Å². The van der Waals surface area contributed by atoms with Gasteiger partial charge in [0, 0.05) is 15.6 Å². The quantitative estimate of drug-likeness (QED) is 0.873. The van der Waals surface area contributed by atoms with Gasteiger partial charge in [-0.15, -0.1) is 0 Å². The van der Waals surface area contributed by atoms with E-state index in [1.54, 1.807) is 18.2 Å². The predicted octanol–water partition coefficient (Wildman–Crippen LogP) is 4.89. The summed E-state index contributed by atoms with van der Waals surface area (Å²) in [5.74, 6) is 1.23. The molecule has 0 fully saturated rings. The molecule has 0 radical (unpaired) electrons. The van der Waals surface area contributed by atoms with Crippen molar-refractivity contribution in [1.82, 2.24) is 0 Å². The molecule has 0 heterocycles. The standard InChI is InChI=1S/C15H14Cl2O2/c1-9-6-11(7-10(2)15(9)17)19-14-5-3-4-13(16)12(14)8-18/h3-7,18H,8H2,1-2H3. The molecular weight excluding hydrogens is 283 g/mol. The first-order valence-corrected chi connectivity index (χ1v) is 6.61. The van der Waals surface area contributed by atoms with Crippen LogP contribution in [0.15, 0.2) is 30.3 Å². The fourth-order valence-electron chi connectivity index (χ4n) is 1.88. The van der Waals surface area contributed by atoms with Gasteiger partial charge in [0.15, 0.2) is 0 Å². The lowest BCUT2D eigenvalue weighted by molar-refractivity contribution is 0.276. The van der Waals surface area contributed by atoms with E-state index in [2.05, 4.69) is 0 Å². The van der Waals surface area contributed by atoms with E-state index in [-0.39, 0.29) is 6.61 Å². The Morgan fingerprint density at radius 3 is 2.32 bits per heavy atom. The number of hydrogen-bond acceptors (Lipinski definition) is 2. The van der Waals surface area contributed by atoms with E-state index >= 15 is 0 Å². The van der Waals surface area contributed by atoms with E-state index in [1.807, 2.05) is 26.0 Å². The Labute approximate surface area is 122 Å². The molecule has 100 valence electrons. The molecule has 0 aliphatic rings. The Hall–Kier alpha value is -1.22. The summed E-state index contributed by atoms with van der Waals surface area (Å²) in [5.41, 5.74) is 2.47. The molecule has 1 N–H and O–H groups in total. The Morgan fingerprint density at radius 1 is 1.11 bits per heavy atom. The largest absolute Gasteiger partial charge is 0.457 e. The van der Waals surface area contributed by atoms with Crippen LogP contribution < -0.4 is 4.74 Å². The highest BCUT2D eigenvalue weighted by Gasteiger charge is 2.10. The summed E-state index contributed by atoms with van der Waals surface area (Å²) in [6.45, 7) is 3.68. The van der Waals surface area contributed by atoms with Gasteiger partial charge < -0.3 is 9.84 Å². The summed E-state index contributed by atoms with van der Waals surface area (Å²) in [7, 11) is 0. The number of rotatable bonds is 3. The minimum absolute atomic E-state index is 0.166. The van der Waals surface area contributed by atoms with Gasteiger partial charge in [-0.2, -0.15) is 0 Å². The SMILES string of the molecule is Cc1cc(Oc2cccc(Cl)c2CO)cc(C)c1Cl. The molecule has 2 aromatic carbocycles. The zero-order chi connectivity index (χ0) is 14.0. The maximum atomic E-state index is 9.35. The third kappa shape index (κ3) is 3.03. The number of aliphatic hydroxyl groups excluding tert-OH is 1. The van der Waals surface area contributed by atoms with Crippen LogP contribution >= 0.6 is 23.2 Å². The van der Waals surface area contributed by atoms with Crippen molar-refractivity contribution in [1.29, 1.82) is 0 Å². The summed E-state index contributed by atoms with van der Waals surface area (Å²) < 4.78 is 5.79. The van der Waals surface area contributed by atoms with Crippen molar-refractivity contribution in [3.63, 3.8) is 0 Å². The summed E-state index contributed by atoms with van der Waals surface area (Å²) in [4.78, 5) is 0. The minimum Gasteiger partial charge on any atom is -0.457 e. The molecule has 4 heteroatoms. The zero-order valence-electron chi connectivity index (χ0n) is 10.7. The highest BCUT2D eigenvalue weighted by atomic mass is 35.5. The fourth-order valence-corrected chi connectivity index (χ4v) is 2.21. The van der Waals surface area contributed by atoms with E-state index in [0.717, 1.165) is 16.1 Å². The Bertz CT molecular complexity index is 586. The van der Waals surface area contributed by atoms with E-state index in [0.29, 0.717) is 22.1 Å². The van der Waals surface area contributed by atoms with Gasteiger partial charge in [-0.3, -0.25) is 0 Å². The highest BCUT2D eigenvalue weighted by molar-refractivity contribution is 6.32. The lowest BCUT2D eigenvalue weighted by Crippen LogP contribution is -1.94. The summed E-state index contributed by atoms with van der Waals surface area (Å²) in [6.07, 6.45) is 0. The number of halogens is 2. The number of hydrogen-bond donors (Lipinski definition) is 1. The second kappa shape index (κ2) is 5.83. The van der Waals surface area contributed by atoms with Gasteiger partial charge in [0.25, 0.3) is 0 Å². The van der Waals surface area contributed by atoms with Crippen LogP contribution in [0.3, 0.4) is 0 Å². The maximum Gasteiger partial charge on any atom is 0.134 e. The van der Waals surface area contributed by atoms with E-state index in [9.17, 15) is 5.11 Å². The first kappa shape index (κ1) is 14.2. The molecular formula is C15H14Cl2O2. The van der Waals surface area contributed by atoms with Crippen LogP contribution in [-0.4, -0.2) is 5.11 Å². The smallest absolute Gasteiger partial charge is 0.134 e. The van der Waals surface area contributed by atoms with E-state index in [4.69, 9.17) is 27.9 Å². The van der Waals surface area contributed by atoms with Crippen molar-refractivity contribution in [2.45, 2.75) is 20.5 Å². The topological polar surface area (TPSA) is 29.5 Å². The summed E-state index contributed by atoms with van der Waals surface area (Å²) in [6, 6.07) is 9.00. The van der Waals surface area contributed by atoms with Crippen molar-refractivity contribution < 1.29 is 9.84 Å². The van der Waals surface area contributed by atoms with Gasteiger partial charge in [-0.1, -0.05) is 29.3 Å². The lowest BCUT2D eigenvalue weighted by Gasteiger charge is -2.13. The average Bonchev–Trinajstić information content (AvgIpc) is 2.36. The van der Waals surface area contributed by atoms with E-state index < -0.39 is 0 Å². The second-order valence-electron chi connectivity index (χ2n) is 4.35.